The zero-order valence-corrected chi connectivity index (χ0v) is 26.7. The molecule has 5 rings (SSSR count). The zero-order valence-electron chi connectivity index (χ0n) is 25.9. The summed E-state index contributed by atoms with van der Waals surface area (Å²) in [6, 6.07) is 31.9. The van der Waals surface area contributed by atoms with Crippen molar-refractivity contribution >= 4 is 47.1 Å². The van der Waals surface area contributed by atoms with Crippen molar-refractivity contribution in [1.82, 2.24) is 10.5 Å². The number of rotatable bonds is 12. The number of benzene rings is 4. The van der Waals surface area contributed by atoms with Crippen LogP contribution >= 0.6 is 11.8 Å². The summed E-state index contributed by atoms with van der Waals surface area (Å²) in [5.41, 5.74) is 2.21. The maximum Gasteiger partial charge on any atom is 0.272 e. The molecule has 47 heavy (non-hydrogen) atoms. The number of ether oxygens (including phenoxy) is 2. The summed E-state index contributed by atoms with van der Waals surface area (Å²) in [7, 11) is 3.05. The summed E-state index contributed by atoms with van der Waals surface area (Å²) in [4.78, 5) is 40.8. The van der Waals surface area contributed by atoms with Crippen LogP contribution in [0.25, 0.3) is 6.08 Å². The number of hydrogen-bond donors (Lipinski definition) is 3. The van der Waals surface area contributed by atoms with Crippen LogP contribution in [0.15, 0.2) is 124 Å². The first-order valence-corrected chi connectivity index (χ1v) is 15.4. The average Bonchev–Trinajstić information content (AvgIpc) is 3.51. The van der Waals surface area contributed by atoms with Gasteiger partial charge in [-0.3, -0.25) is 14.4 Å². The van der Waals surface area contributed by atoms with Crippen molar-refractivity contribution < 1.29 is 28.4 Å². The van der Waals surface area contributed by atoms with E-state index in [0.717, 1.165) is 10.5 Å². The second-order valence-corrected chi connectivity index (χ2v) is 11.4. The molecular weight excluding hydrogens is 616 g/mol. The molecule has 3 amide bonds. The average molecular weight is 649 g/mol. The molecule has 4 aromatic carbocycles. The molecule has 3 N–H and O–H groups in total. The van der Waals surface area contributed by atoms with Gasteiger partial charge in [-0.2, -0.15) is 0 Å². The number of methoxy groups -OCH3 is 2. The number of nitrogens with one attached hydrogen (secondary N) is 3. The van der Waals surface area contributed by atoms with Crippen LogP contribution in [0.1, 0.15) is 32.5 Å². The van der Waals surface area contributed by atoms with Crippen LogP contribution in [-0.4, -0.2) is 37.1 Å². The summed E-state index contributed by atoms with van der Waals surface area (Å²) >= 11 is 1.35. The fourth-order valence-electron chi connectivity index (χ4n) is 4.52. The van der Waals surface area contributed by atoms with Gasteiger partial charge in [0, 0.05) is 27.8 Å². The van der Waals surface area contributed by atoms with Gasteiger partial charge in [0.25, 0.3) is 11.8 Å². The number of carbonyl (C=O) groups is 3. The highest BCUT2D eigenvalue weighted by Gasteiger charge is 2.23. The molecule has 0 saturated heterocycles. The minimum Gasteiger partial charge on any atom is -0.497 e. The van der Waals surface area contributed by atoms with Crippen LogP contribution in [0.5, 0.6) is 11.5 Å². The van der Waals surface area contributed by atoms with E-state index in [-0.39, 0.29) is 11.6 Å². The third-order valence-corrected chi connectivity index (χ3v) is 8.12. The van der Waals surface area contributed by atoms with E-state index in [9.17, 15) is 14.4 Å². The normalized spacial score (nSPS) is 11.7. The first kappa shape index (κ1) is 32.6. The lowest BCUT2D eigenvalue weighted by Crippen LogP contribution is -2.30. The number of thioether (sulfide) groups is 1. The Labute approximate surface area is 276 Å². The highest BCUT2D eigenvalue weighted by Crippen LogP contribution is 2.37. The Bertz CT molecular complexity index is 1880. The smallest absolute Gasteiger partial charge is 0.272 e. The van der Waals surface area contributed by atoms with E-state index in [2.05, 4.69) is 21.1 Å². The Morgan fingerprint density at radius 2 is 1.53 bits per heavy atom. The fraction of sp³-hybridized carbons (Fsp3) is 0.111. The van der Waals surface area contributed by atoms with Gasteiger partial charge in [0.2, 0.25) is 5.91 Å². The second kappa shape index (κ2) is 15.5. The van der Waals surface area contributed by atoms with Gasteiger partial charge in [0.05, 0.1) is 14.2 Å². The van der Waals surface area contributed by atoms with E-state index in [1.54, 1.807) is 85.8 Å². The lowest BCUT2D eigenvalue weighted by atomic mass is 10.1. The molecule has 1 heterocycles. The maximum absolute atomic E-state index is 13.6. The predicted octanol–water partition coefficient (Wildman–Crippen LogP) is 6.88. The van der Waals surface area contributed by atoms with Gasteiger partial charge in [-0.15, -0.1) is 11.8 Å². The topological polar surface area (TPSA) is 132 Å². The van der Waals surface area contributed by atoms with Crippen molar-refractivity contribution in [2.75, 3.05) is 24.9 Å². The number of carbonyl (C=O) groups excluding carboxylic acids is 3. The Morgan fingerprint density at radius 1 is 0.830 bits per heavy atom. The minimum absolute atomic E-state index is 0.00670. The Kier molecular flexibility index (Phi) is 10.7. The highest BCUT2D eigenvalue weighted by atomic mass is 32.2. The molecule has 1 aromatic heterocycles. The fourth-order valence-corrected chi connectivity index (χ4v) is 5.54. The van der Waals surface area contributed by atoms with Crippen LogP contribution in [0.2, 0.25) is 0 Å². The molecule has 10 nitrogen and oxygen atoms in total. The van der Waals surface area contributed by atoms with E-state index in [1.165, 1.54) is 32.1 Å². The van der Waals surface area contributed by atoms with Crippen LogP contribution < -0.4 is 25.4 Å². The molecule has 0 fully saturated rings. The minimum atomic E-state index is -0.589. The highest BCUT2D eigenvalue weighted by molar-refractivity contribution is 8.00. The van der Waals surface area contributed by atoms with Gasteiger partial charge in [0.15, 0.2) is 5.82 Å². The number of aromatic nitrogens is 1. The molecule has 0 aliphatic rings. The summed E-state index contributed by atoms with van der Waals surface area (Å²) in [5.74, 6) is 0.698. The van der Waals surface area contributed by atoms with E-state index in [4.69, 9.17) is 14.0 Å². The van der Waals surface area contributed by atoms with Crippen molar-refractivity contribution in [3.8, 4) is 11.5 Å². The van der Waals surface area contributed by atoms with Crippen molar-refractivity contribution in [3.63, 3.8) is 0 Å². The van der Waals surface area contributed by atoms with Crippen LogP contribution in [-0.2, 0) is 9.59 Å². The predicted molar refractivity (Wildman–Crippen MR) is 181 cm³/mol. The zero-order chi connectivity index (χ0) is 33.2. The molecule has 0 aliphatic heterocycles. The Balaban J connectivity index is 1.36. The number of hydrogen-bond acceptors (Lipinski definition) is 8. The lowest BCUT2D eigenvalue weighted by Gasteiger charge is -2.17. The molecule has 0 spiro atoms. The van der Waals surface area contributed by atoms with Gasteiger partial charge in [-0.05, 0) is 73.2 Å². The van der Waals surface area contributed by atoms with Gasteiger partial charge in [-0.1, -0.05) is 53.7 Å². The molecule has 0 radical (unpaired) electrons. The van der Waals surface area contributed by atoms with Gasteiger partial charge in [-0.25, -0.2) is 0 Å². The third kappa shape index (κ3) is 8.68. The van der Waals surface area contributed by atoms with Crippen molar-refractivity contribution in [1.29, 1.82) is 0 Å². The van der Waals surface area contributed by atoms with Crippen molar-refractivity contribution in [2.24, 2.45) is 0 Å². The standard InChI is InChI=1S/C36H32N4O6S/c1-23-20-32(40-46-23)39-36(43)33(24-10-6-4-7-11-24)47-29-17-14-27(15-18-29)37-35(42)30(38-34(41)25-12-8-5-9-13-25)22-26-21-28(44-2)16-19-31(26)45-3/h4-22,33H,1-3H3,(H,37,42)(H,38,41)(H,39,40,43)/b30-22-. The number of nitrogens with zero attached hydrogens (tertiary/aromatic N) is 1. The first-order chi connectivity index (χ1) is 22.8. The van der Waals surface area contributed by atoms with Gasteiger partial charge >= 0.3 is 0 Å². The number of amides is 3. The Morgan fingerprint density at radius 3 is 2.17 bits per heavy atom. The van der Waals surface area contributed by atoms with E-state index in [0.29, 0.717) is 39.9 Å². The van der Waals surface area contributed by atoms with E-state index < -0.39 is 17.1 Å². The molecular formula is C36H32N4O6S. The quantitative estimate of drug-likeness (QED) is 0.0986. The molecule has 11 heteroatoms. The molecule has 0 aliphatic carbocycles. The van der Waals surface area contributed by atoms with Crippen LogP contribution in [0.3, 0.4) is 0 Å². The SMILES string of the molecule is COc1ccc(OC)c(/C=C(\NC(=O)c2ccccc2)C(=O)Nc2ccc(SC(C(=O)Nc3cc(C)on3)c3ccccc3)cc2)c1. The van der Waals surface area contributed by atoms with Gasteiger partial charge in [0.1, 0.15) is 28.2 Å². The molecule has 0 saturated carbocycles. The van der Waals surface area contributed by atoms with E-state index >= 15 is 0 Å². The summed E-state index contributed by atoms with van der Waals surface area (Å²) in [6.45, 7) is 1.75. The summed E-state index contributed by atoms with van der Waals surface area (Å²) in [6.07, 6.45) is 1.53. The third-order valence-electron chi connectivity index (χ3n) is 6.85. The molecule has 238 valence electrons. The monoisotopic (exact) mass is 648 g/mol. The molecule has 0 bridgehead atoms. The Hall–Kier alpha value is -5.81. The molecule has 1 atom stereocenters. The first-order valence-electron chi connectivity index (χ1n) is 14.5. The maximum atomic E-state index is 13.6. The van der Waals surface area contributed by atoms with E-state index in [1.807, 2.05) is 30.3 Å². The lowest BCUT2D eigenvalue weighted by molar-refractivity contribution is -0.116. The summed E-state index contributed by atoms with van der Waals surface area (Å²) < 4.78 is 15.9. The summed E-state index contributed by atoms with van der Waals surface area (Å²) in [5, 5.41) is 11.7. The molecule has 1 unspecified atom stereocenters. The largest absolute Gasteiger partial charge is 0.497 e. The van der Waals surface area contributed by atoms with Crippen molar-refractivity contribution in [3.05, 3.63) is 137 Å². The van der Waals surface area contributed by atoms with Crippen LogP contribution in [0, 0.1) is 6.92 Å². The van der Waals surface area contributed by atoms with Gasteiger partial charge < -0.3 is 29.9 Å². The van der Waals surface area contributed by atoms with Crippen molar-refractivity contribution in [2.45, 2.75) is 17.1 Å². The molecule has 5 aromatic rings. The second-order valence-electron chi connectivity index (χ2n) is 10.2. The van der Waals surface area contributed by atoms with Crippen LogP contribution in [0.4, 0.5) is 11.5 Å². The number of aryl methyl sites for hydroxylation is 1. The number of anilines is 2.